The second-order valence-electron chi connectivity index (χ2n) is 3.58. The highest BCUT2D eigenvalue weighted by atomic mass is 35.5. The average molecular weight is 257 g/mol. The van der Waals surface area contributed by atoms with Gasteiger partial charge in [-0.3, -0.25) is 4.98 Å². The van der Waals surface area contributed by atoms with E-state index in [1.54, 1.807) is 42.6 Å². The quantitative estimate of drug-likeness (QED) is 0.659. The molecule has 1 aromatic heterocycles. The zero-order valence-corrected chi connectivity index (χ0v) is 10.1. The predicted octanol–water partition coefficient (Wildman–Crippen LogP) is 3.68. The number of allylic oxidation sites excluding steroid dienone is 1. The third-order valence-corrected chi connectivity index (χ3v) is 2.67. The first-order valence-corrected chi connectivity index (χ1v) is 5.60. The normalized spacial score (nSPS) is 11.6. The van der Waals surface area contributed by atoms with Gasteiger partial charge < -0.3 is 5.11 Å². The number of nitrogens with zero attached hydrogens (tertiary/aromatic N) is 2. The highest BCUT2D eigenvalue weighted by Crippen LogP contribution is 2.24. The molecule has 0 aliphatic rings. The molecular formula is C14H9ClN2O. The van der Waals surface area contributed by atoms with Crippen molar-refractivity contribution in [3.8, 4) is 6.07 Å². The maximum atomic E-state index is 10.1. The maximum absolute atomic E-state index is 10.1. The van der Waals surface area contributed by atoms with Crippen LogP contribution in [0.3, 0.4) is 0 Å². The summed E-state index contributed by atoms with van der Waals surface area (Å²) in [6, 6.07) is 12.1. The number of halogens is 1. The predicted molar refractivity (Wildman–Crippen MR) is 70.7 cm³/mol. The van der Waals surface area contributed by atoms with Gasteiger partial charge in [0.05, 0.1) is 0 Å². The molecule has 2 rings (SSSR count). The van der Waals surface area contributed by atoms with E-state index in [9.17, 15) is 5.11 Å². The summed E-state index contributed by atoms with van der Waals surface area (Å²) >= 11 is 5.78. The van der Waals surface area contributed by atoms with Crippen LogP contribution in [-0.2, 0) is 0 Å². The lowest BCUT2D eigenvalue weighted by atomic mass is 10.0. The van der Waals surface area contributed by atoms with E-state index in [0.717, 1.165) is 0 Å². The third kappa shape index (κ3) is 2.50. The first kappa shape index (κ1) is 12.2. The number of aliphatic hydroxyl groups excluding tert-OH is 1. The number of aliphatic hydroxyl groups is 1. The molecule has 18 heavy (non-hydrogen) atoms. The molecule has 0 saturated carbocycles. The van der Waals surface area contributed by atoms with Gasteiger partial charge in [-0.15, -0.1) is 0 Å². The highest BCUT2D eigenvalue weighted by Gasteiger charge is 2.10. The van der Waals surface area contributed by atoms with Gasteiger partial charge in [0.1, 0.15) is 17.4 Å². The van der Waals surface area contributed by atoms with E-state index < -0.39 is 0 Å². The van der Waals surface area contributed by atoms with Gasteiger partial charge in [-0.05, 0) is 29.8 Å². The number of pyridine rings is 1. The van der Waals surface area contributed by atoms with Crippen molar-refractivity contribution in [2.24, 2.45) is 0 Å². The van der Waals surface area contributed by atoms with E-state index in [0.29, 0.717) is 16.1 Å². The first-order chi connectivity index (χ1) is 8.72. The van der Waals surface area contributed by atoms with Crippen molar-refractivity contribution in [3.63, 3.8) is 0 Å². The number of aromatic nitrogens is 1. The summed E-state index contributed by atoms with van der Waals surface area (Å²) in [6.45, 7) is 0. The van der Waals surface area contributed by atoms with Crippen LogP contribution in [0.4, 0.5) is 0 Å². The molecule has 0 aliphatic carbocycles. The van der Waals surface area contributed by atoms with E-state index in [2.05, 4.69) is 4.98 Å². The molecule has 0 bridgehead atoms. The molecule has 0 fully saturated rings. The summed E-state index contributed by atoms with van der Waals surface area (Å²) in [5.74, 6) is -0.0899. The van der Waals surface area contributed by atoms with Crippen molar-refractivity contribution in [1.82, 2.24) is 4.98 Å². The van der Waals surface area contributed by atoms with Gasteiger partial charge in [0.25, 0.3) is 0 Å². The molecule has 0 amide bonds. The van der Waals surface area contributed by atoms with Crippen LogP contribution in [0.15, 0.2) is 48.8 Å². The molecule has 0 unspecified atom stereocenters. The topological polar surface area (TPSA) is 56.9 Å². The highest BCUT2D eigenvalue weighted by molar-refractivity contribution is 6.30. The largest absolute Gasteiger partial charge is 0.506 e. The van der Waals surface area contributed by atoms with E-state index in [1.165, 1.54) is 6.20 Å². The standard InChI is InChI=1S/C14H9ClN2O/c15-12-5-3-10(4-6-12)13(8-16)14(18)11-2-1-7-17-9-11/h1-7,9,18H/b14-13+. The Morgan fingerprint density at radius 1 is 1.17 bits per heavy atom. The van der Waals surface area contributed by atoms with Crippen molar-refractivity contribution >= 4 is 22.9 Å². The minimum Gasteiger partial charge on any atom is -0.506 e. The molecule has 4 heteroatoms. The SMILES string of the molecule is N#C/C(=C(\O)c1cccnc1)c1ccc(Cl)cc1. The van der Waals surface area contributed by atoms with E-state index in [-0.39, 0.29) is 11.3 Å². The number of hydrogen-bond acceptors (Lipinski definition) is 3. The molecule has 1 heterocycles. The summed E-state index contributed by atoms with van der Waals surface area (Å²) in [5.41, 5.74) is 1.31. The Bertz CT molecular complexity index is 612. The molecule has 0 aliphatic heterocycles. The van der Waals surface area contributed by atoms with Gasteiger partial charge in [0.15, 0.2) is 0 Å². The summed E-state index contributed by atoms with van der Waals surface area (Å²) in [7, 11) is 0. The monoisotopic (exact) mass is 256 g/mol. The molecule has 1 aromatic carbocycles. The van der Waals surface area contributed by atoms with Crippen molar-refractivity contribution in [1.29, 1.82) is 5.26 Å². The molecule has 1 N–H and O–H groups in total. The number of nitriles is 1. The Kier molecular flexibility index (Phi) is 3.61. The third-order valence-electron chi connectivity index (χ3n) is 2.42. The van der Waals surface area contributed by atoms with Crippen molar-refractivity contribution < 1.29 is 5.11 Å². The molecule has 88 valence electrons. The zero-order valence-electron chi connectivity index (χ0n) is 9.34. The molecule has 0 atom stereocenters. The molecule has 2 aromatic rings. The molecular weight excluding hydrogens is 248 g/mol. The Labute approximate surface area is 110 Å². The Morgan fingerprint density at radius 3 is 2.44 bits per heavy atom. The second-order valence-corrected chi connectivity index (χ2v) is 4.02. The summed E-state index contributed by atoms with van der Waals surface area (Å²) in [4.78, 5) is 3.91. The van der Waals surface area contributed by atoms with E-state index in [1.807, 2.05) is 6.07 Å². The maximum Gasteiger partial charge on any atom is 0.142 e. The van der Waals surface area contributed by atoms with Crippen molar-refractivity contribution in [3.05, 3.63) is 64.9 Å². The van der Waals surface area contributed by atoms with Crippen LogP contribution in [-0.4, -0.2) is 10.1 Å². The zero-order chi connectivity index (χ0) is 13.0. The molecule has 0 radical (unpaired) electrons. The van der Waals surface area contributed by atoms with E-state index in [4.69, 9.17) is 16.9 Å². The number of benzene rings is 1. The first-order valence-electron chi connectivity index (χ1n) is 5.22. The van der Waals surface area contributed by atoms with Crippen LogP contribution in [0.5, 0.6) is 0 Å². The van der Waals surface area contributed by atoms with Gasteiger partial charge >= 0.3 is 0 Å². The van der Waals surface area contributed by atoms with Gasteiger partial charge in [-0.2, -0.15) is 5.26 Å². The van der Waals surface area contributed by atoms with Crippen molar-refractivity contribution in [2.45, 2.75) is 0 Å². The molecule has 0 spiro atoms. The van der Waals surface area contributed by atoms with Crippen molar-refractivity contribution in [2.75, 3.05) is 0 Å². The lowest BCUT2D eigenvalue weighted by molar-refractivity contribution is 0.514. The van der Waals surface area contributed by atoms with Gasteiger partial charge in [0.2, 0.25) is 0 Å². The fraction of sp³-hybridized carbons (Fsp3) is 0. The second kappa shape index (κ2) is 5.35. The Hall–Kier alpha value is -2.31. The van der Waals surface area contributed by atoms with E-state index >= 15 is 0 Å². The van der Waals surface area contributed by atoms with Crippen LogP contribution >= 0.6 is 11.6 Å². The van der Waals surface area contributed by atoms with Crippen LogP contribution in [0.1, 0.15) is 11.1 Å². The average Bonchev–Trinajstić information content (AvgIpc) is 2.42. The smallest absolute Gasteiger partial charge is 0.142 e. The summed E-state index contributed by atoms with van der Waals surface area (Å²) < 4.78 is 0. The minimum absolute atomic E-state index is 0.0899. The number of hydrogen-bond donors (Lipinski definition) is 1. The Morgan fingerprint density at radius 2 is 1.89 bits per heavy atom. The van der Waals surface area contributed by atoms with Gasteiger partial charge in [0, 0.05) is 23.0 Å². The van der Waals surface area contributed by atoms with Crippen LogP contribution < -0.4 is 0 Å². The summed E-state index contributed by atoms with van der Waals surface area (Å²) in [5, 5.41) is 19.8. The summed E-state index contributed by atoms with van der Waals surface area (Å²) in [6.07, 6.45) is 3.10. The van der Waals surface area contributed by atoms with Crippen LogP contribution in [0, 0.1) is 11.3 Å². The Balaban J connectivity index is 2.52. The molecule has 3 nitrogen and oxygen atoms in total. The number of rotatable bonds is 2. The lowest BCUT2D eigenvalue weighted by Gasteiger charge is -2.04. The fourth-order valence-electron chi connectivity index (χ4n) is 1.52. The fourth-order valence-corrected chi connectivity index (χ4v) is 1.64. The van der Waals surface area contributed by atoms with Crippen LogP contribution in [0.2, 0.25) is 5.02 Å². The van der Waals surface area contributed by atoms with Gasteiger partial charge in [-0.25, -0.2) is 0 Å². The minimum atomic E-state index is -0.0899. The van der Waals surface area contributed by atoms with Gasteiger partial charge in [-0.1, -0.05) is 23.7 Å². The lowest BCUT2D eigenvalue weighted by Crippen LogP contribution is -1.90. The van der Waals surface area contributed by atoms with Crippen LogP contribution in [0.25, 0.3) is 11.3 Å². The molecule has 0 saturated heterocycles.